The van der Waals surface area contributed by atoms with E-state index >= 15 is 0 Å². The minimum atomic E-state index is -0.782. The standard InChI is InChI=1S/C6H12N2O2/c1-4-5(2)8(3)10-6(7)9/h4H2,1-3H3,(H-,7,9)/p+1. The third-order valence-corrected chi connectivity index (χ3v) is 1.28. The number of hydrogen-bond acceptors (Lipinski definition) is 2. The van der Waals surface area contributed by atoms with Gasteiger partial charge in [0.15, 0.2) is 7.05 Å². The van der Waals surface area contributed by atoms with Crippen LogP contribution in [-0.4, -0.2) is 23.6 Å². The molecule has 0 heterocycles. The van der Waals surface area contributed by atoms with Crippen molar-refractivity contribution in [2.24, 2.45) is 5.73 Å². The van der Waals surface area contributed by atoms with Crippen molar-refractivity contribution in [3.8, 4) is 0 Å². The quantitative estimate of drug-likeness (QED) is 0.266. The predicted molar refractivity (Wildman–Crippen MR) is 37.8 cm³/mol. The van der Waals surface area contributed by atoms with Crippen molar-refractivity contribution >= 4 is 11.8 Å². The molecular formula is C6H13N2O2+. The first-order valence-corrected chi connectivity index (χ1v) is 3.11. The van der Waals surface area contributed by atoms with Crippen molar-refractivity contribution in [2.75, 3.05) is 7.05 Å². The van der Waals surface area contributed by atoms with Crippen LogP contribution >= 0.6 is 0 Å². The Balaban J connectivity index is 4.04. The second-order valence-corrected chi connectivity index (χ2v) is 2.00. The van der Waals surface area contributed by atoms with Gasteiger partial charge in [-0.25, -0.2) is 4.79 Å². The van der Waals surface area contributed by atoms with Gasteiger partial charge in [-0.2, -0.15) is 4.84 Å². The molecule has 58 valence electrons. The summed E-state index contributed by atoms with van der Waals surface area (Å²) in [4.78, 5) is 14.7. The highest BCUT2D eigenvalue weighted by atomic mass is 16.7. The highest BCUT2D eigenvalue weighted by molar-refractivity contribution is 5.76. The maximum absolute atomic E-state index is 10.2. The molecule has 0 unspecified atom stereocenters. The summed E-state index contributed by atoms with van der Waals surface area (Å²) >= 11 is 0. The second-order valence-electron chi connectivity index (χ2n) is 2.00. The maximum Gasteiger partial charge on any atom is 0.472 e. The van der Waals surface area contributed by atoms with E-state index in [1.54, 1.807) is 7.05 Å². The minimum absolute atomic E-state index is 0.782. The Bertz CT molecular complexity index is 163. The van der Waals surface area contributed by atoms with E-state index in [-0.39, 0.29) is 0 Å². The lowest BCUT2D eigenvalue weighted by Gasteiger charge is -1.94. The molecule has 0 aliphatic rings. The molecule has 4 heteroatoms. The third-order valence-electron chi connectivity index (χ3n) is 1.28. The van der Waals surface area contributed by atoms with Gasteiger partial charge in [0.05, 0.1) is 0 Å². The lowest BCUT2D eigenvalue weighted by atomic mass is 10.3. The first-order chi connectivity index (χ1) is 4.57. The third kappa shape index (κ3) is 3.06. The van der Waals surface area contributed by atoms with E-state index in [0.717, 1.165) is 12.1 Å². The number of nitrogens with zero attached hydrogens (tertiary/aromatic N) is 1. The molecule has 0 radical (unpaired) electrons. The molecule has 0 aromatic rings. The van der Waals surface area contributed by atoms with E-state index in [2.05, 4.69) is 4.84 Å². The topological polar surface area (TPSA) is 55.3 Å². The molecule has 0 rings (SSSR count). The molecule has 0 aromatic heterocycles. The minimum Gasteiger partial charge on any atom is -0.330 e. The Morgan fingerprint density at radius 2 is 2.20 bits per heavy atom. The fourth-order valence-corrected chi connectivity index (χ4v) is 0.436. The van der Waals surface area contributed by atoms with Crippen LogP contribution in [0.2, 0.25) is 0 Å². The lowest BCUT2D eigenvalue weighted by molar-refractivity contribution is -0.739. The highest BCUT2D eigenvalue weighted by Gasteiger charge is 2.06. The van der Waals surface area contributed by atoms with Crippen LogP contribution in [0.4, 0.5) is 4.79 Å². The summed E-state index contributed by atoms with van der Waals surface area (Å²) in [6.07, 6.45) is 0.0550. The Labute approximate surface area is 60.2 Å². The fraction of sp³-hybridized carbons (Fsp3) is 0.667. The monoisotopic (exact) mass is 145 g/mol. The van der Waals surface area contributed by atoms with E-state index in [0.29, 0.717) is 0 Å². The molecular weight excluding hydrogens is 132 g/mol. The number of primary amides is 1. The van der Waals surface area contributed by atoms with Gasteiger partial charge in [0, 0.05) is 13.3 Å². The molecule has 4 nitrogen and oxygen atoms in total. The normalized spacial score (nSPS) is 12.3. The van der Waals surface area contributed by atoms with Crippen LogP contribution in [0, 0.1) is 0 Å². The molecule has 1 amide bonds. The van der Waals surface area contributed by atoms with Gasteiger partial charge < -0.3 is 5.73 Å². The van der Waals surface area contributed by atoms with Gasteiger partial charge >= 0.3 is 6.09 Å². The van der Waals surface area contributed by atoms with Crippen LogP contribution < -0.4 is 5.73 Å². The molecule has 0 aliphatic heterocycles. The SMILES string of the molecule is CCC(C)=[N+](C)OC(N)=O. The molecule has 0 fully saturated rings. The van der Waals surface area contributed by atoms with Crippen LogP contribution in [0.25, 0.3) is 0 Å². The largest absolute Gasteiger partial charge is 0.472 e. The zero-order chi connectivity index (χ0) is 8.15. The van der Waals surface area contributed by atoms with E-state index in [4.69, 9.17) is 5.73 Å². The van der Waals surface area contributed by atoms with Gasteiger partial charge in [0.2, 0.25) is 5.71 Å². The molecule has 2 N–H and O–H groups in total. The van der Waals surface area contributed by atoms with Crippen molar-refractivity contribution in [3.63, 3.8) is 0 Å². The first kappa shape index (κ1) is 8.94. The van der Waals surface area contributed by atoms with Gasteiger partial charge in [-0.05, 0) is 4.74 Å². The summed E-state index contributed by atoms with van der Waals surface area (Å²) < 4.78 is 1.36. The maximum atomic E-state index is 10.2. The van der Waals surface area contributed by atoms with Crippen LogP contribution in [-0.2, 0) is 4.84 Å². The summed E-state index contributed by atoms with van der Waals surface area (Å²) in [6, 6.07) is 0. The number of carbonyl (C=O) groups excluding carboxylic acids is 1. The molecule has 0 saturated carbocycles. The fourth-order valence-electron chi connectivity index (χ4n) is 0.436. The van der Waals surface area contributed by atoms with Crippen molar-refractivity contribution in [1.82, 2.24) is 0 Å². The molecule has 0 aromatic carbocycles. The van der Waals surface area contributed by atoms with Crippen LogP contribution in [0.1, 0.15) is 20.3 Å². The van der Waals surface area contributed by atoms with E-state index < -0.39 is 6.09 Å². The first-order valence-electron chi connectivity index (χ1n) is 3.11. The van der Waals surface area contributed by atoms with Crippen molar-refractivity contribution < 1.29 is 14.4 Å². The van der Waals surface area contributed by atoms with Gasteiger partial charge in [-0.3, -0.25) is 0 Å². The number of hydrogen-bond donors (Lipinski definition) is 1. The molecule has 0 bridgehead atoms. The zero-order valence-electron chi connectivity index (χ0n) is 6.55. The number of nitrogens with two attached hydrogens (primary N) is 1. The zero-order valence-corrected chi connectivity index (χ0v) is 6.55. The molecule has 0 saturated heterocycles. The van der Waals surface area contributed by atoms with Gasteiger partial charge in [-0.1, -0.05) is 6.92 Å². The van der Waals surface area contributed by atoms with Crippen molar-refractivity contribution in [2.45, 2.75) is 20.3 Å². The molecule has 0 aliphatic carbocycles. The van der Waals surface area contributed by atoms with Crippen LogP contribution in [0.5, 0.6) is 0 Å². The Morgan fingerprint density at radius 3 is 2.50 bits per heavy atom. The number of amides is 1. The van der Waals surface area contributed by atoms with Crippen molar-refractivity contribution in [1.29, 1.82) is 0 Å². The second kappa shape index (κ2) is 3.87. The van der Waals surface area contributed by atoms with Crippen molar-refractivity contribution in [3.05, 3.63) is 0 Å². The molecule has 10 heavy (non-hydrogen) atoms. The number of hydroxylamine groups is 1. The van der Waals surface area contributed by atoms with E-state index in [1.165, 1.54) is 4.74 Å². The van der Waals surface area contributed by atoms with E-state index in [9.17, 15) is 4.79 Å². The summed E-state index contributed by atoms with van der Waals surface area (Å²) in [6.45, 7) is 3.83. The lowest BCUT2D eigenvalue weighted by Crippen LogP contribution is -2.23. The Morgan fingerprint density at radius 1 is 1.70 bits per heavy atom. The van der Waals surface area contributed by atoms with Crippen LogP contribution in [0.3, 0.4) is 0 Å². The Kier molecular flexibility index (Phi) is 3.46. The van der Waals surface area contributed by atoms with Gasteiger partial charge in [0.1, 0.15) is 0 Å². The Hall–Kier alpha value is -1.06. The number of carbonyl (C=O) groups is 1. The molecule has 0 atom stereocenters. The average Bonchev–Trinajstić information content (AvgIpc) is 1.85. The van der Waals surface area contributed by atoms with Gasteiger partial charge in [0.25, 0.3) is 0 Å². The summed E-state index contributed by atoms with van der Waals surface area (Å²) in [5.41, 5.74) is 5.73. The summed E-state index contributed by atoms with van der Waals surface area (Å²) in [7, 11) is 1.64. The predicted octanol–water partition coefficient (Wildman–Crippen LogP) is 0.510. The average molecular weight is 145 g/mol. The van der Waals surface area contributed by atoms with Gasteiger partial charge in [-0.15, -0.1) is 0 Å². The van der Waals surface area contributed by atoms with Crippen LogP contribution in [0.15, 0.2) is 0 Å². The smallest absolute Gasteiger partial charge is 0.330 e. The molecule has 0 spiro atoms. The van der Waals surface area contributed by atoms with E-state index in [1.807, 2.05) is 13.8 Å². The number of rotatable bonds is 2. The highest BCUT2D eigenvalue weighted by Crippen LogP contribution is 1.84. The summed E-state index contributed by atoms with van der Waals surface area (Å²) in [5.74, 6) is 0. The summed E-state index contributed by atoms with van der Waals surface area (Å²) in [5, 5.41) is 0.